The SMILES string of the molecule is CCOC(=O)c1cnn(C)c1CNOC. The highest BCUT2D eigenvalue weighted by molar-refractivity contribution is 5.90. The van der Waals surface area contributed by atoms with Crippen LogP contribution in [0.1, 0.15) is 23.0 Å². The number of rotatable bonds is 5. The fourth-order valence-electron chi connectivity index (χ4n) is 1.19. The molecular formula is C9H15N3O3. The lowest BCUT2D eigenvalue weighted by atomic mass is 10.2. The van der Waals surface area contributed by atoms with Gasteiger partial charge in [0.05, 0.1) is 32.2 Å². The van der Waals surface area contributed by atoms with Crippen molar-refractivity contribution < 1.29 is 14.4 Å². The molecule has 1 aromatic heterocycles. The molecule has 1 aromatic rings. The molecule has 0 fully saturated rings. The number of carbonyl (C=O) groups excluding carboxylic acids is 1. The van der Waals surface area contributed by atoms with Crippen molar-refractivity contribution in [3.05, 3.63) is 17.5 Å². The molecule has 84 valence electrons. The van der Waals surface area contributed by atoms with Gasteiger partial charge in [-0.25, -0.2) is 4.79 Å². The van der Waals surface area contributed by atoms with Crippen molar-refractivity contribution in [2.45, 2.75) is 13.5 Å². The molecule has 0 bridgehead atoms. The fourth-order valence-corrected chi connectivity index (χ4v) is 1.19. The van der Waals surface area contributed by atoms with Gasteiger partial charge in [0.2, 0.25) is 0 Å². The molecule has 15 heavy (non-hydrogen) atoms. The van der Waals surface area contributed by atoms with Crippen LogP contribution in [-0.2, 0) is 23.2 Å². The van der Waals surface area contributed by atoms with Crippen LogP contribution in [0.25, 0.3) is 0 Å². The molecule has 1 rings (SSSR count). The number of ether oxygens (including phenoxy) is 1. The first-order valence-corrected chi connectivity index (χ1v) is 4.64. The topological polar surface area (TPSA) is 65.4 Å². The molecule has 0 aromatic carbocycles. The third-order valence-corrected chi connectivity index (χ3v) is 1.94. The lowest BCUT2D eigenvalue weighted by Gasteiger charge is -2.05. The van der Waals surface area contributed by atoms with Gasteiger partial charge in [0.1, 0.15) is 5.56 Å². The summed E-state index contributed by atoms with van der Waals surface area (Å²) in [5, 5.41) is 3.99. The van der Waals surface area contributed by atoms with Gasteiger partial charge in [-0.2, -0.15) is 10.6 Å². The first-order chi connectivity index (χ1) is 7.20. The minimum Gasteiger partial charge on any atom is -0.462 e. The predicted molar refractivity (Wildman–Crippen MR) is 53.0 cm³/mol. The predicted octanol–water partition coefficient (Wildman–Crippen LogP) is 0.248. The Kier molecular flexibility index (Phi) is 4.26. The van der Waals surface area contributed by atoms with Crippen LogP contribution in [-0.4, -0.2) is 29.5 Å². The Balaban J connectivity index is 2.82. The molecular weight excluding hydrogens is 198 g/mol. The van der Waals surface area contributed by atoms with Crippen LogP contribution < -0.4 is 5.48 Å². The Morgan fingerprint density at radius 2 is 2.40 bits per heavy atom. The second kappa shape index (κ2) is 5.47. The highest BCUT2D eigenvalue weighted by Gasteiger charge is 2.16. The minimum atomic E-state index is -0.362. The zero-order valence-electron chi connectivity index (χ0n) is 9.11. The van der Waals surface area contributed by atoms with Crippen LogP contribution in [0.2, 0.25) is 0 Å². The quantitative estimate of drug-likeness (QED) is 0.561. The molecule has 0 aliphatic heterocycles. The van der Waals surface area contributed by atoms with Crippen molar-refractivity contribution in [2.75, 3.05) is 13.7 Å². The van der Waals surface area contributed by atoms with Gasteiger partial charge in [-0.1, -0.05) is 0 Å². The number of aromatic nitrogens is 2. The standard InChI is InChI=1S/C9H15N3O3/c1-4-15-9(13)7-5-10-12(2)8(7)6-11-14-3/h5,11H,4,6H2,1-3H3. The number of nitrogens with zero attached hydrogens (tertiary/aromatic N) is 2. The second-order valence-electron chi connectivity index (χ2n) is 2.87. The minimum absolute atomic E-state index is 0.352. The Morgan fingerprint density at radius 1 is 1.67 bits per heavy atom. The van der Waals surface area contributed by atoms with Gasteiger partial charge in [0, 0.05) is 7.05 Å². The molecule has 6 heteroatoms. The molecule has 0 saturated heterocycles. The number of aryl methyl sites for hydroxylation is 1. The summed E-state index contributed by atoms with van der Waals surface area (Å²) in [6.45, 7) is 2.52. The van der Waals surface area contributed by atoms with Crippen molar-refractivity contribution in [3.8, 4) is 0 Å². The van der Waals surface area contributed by atoms with E-state index >= 15 is 0 Å². The lowest BCUT2D eigenvalue weighted by molar-refractivity contribution is 0.0520. The van der Waals surface area contributed by atoms with E-state index in [-0.39, 0.29) is 5.97 Å². The van der Waals surface area contributed by atoms with E-state index in [2.05, 4.69) is 10.6 Å². The number of nitrogens with one attached hydrogen (secondary N) is 1. The Hall–Kier alpha value is -1.40. The van der Waals surface area contributed by atoms with E-state index in [9.17, 15) is 4.79 Å². The molecule has 6 nitrogen and oxygen atoms in total. The summed E-state index contributed by atoms with van der Waals surface area (Å²) in [5.74, 6) is -0.362. The van der Waals surface area contributed by atoms with E-state index in [1.54, 1.807) is 18.7 Å². The second-order valence-corrected chi connectivity index (χ2v) is 2.87. The van der Waals surface area contributed by atoms with Crippen LogP contribution in [0, 0.1) is 0 Å². The summed E-state index contributed by atoms with van der Waals surface area (Å²) in [4.78, 5) is 16.2. The molecule has 1 heterocycles. The van der Waals surface area contributed by atoms with E-state index in [0.29, 0.717) is 18.7 Å². The summed E-state index contributed by atoms with van der Waals surface area (Å²) in [6, 6.07) is 0. The highest BCUT2D eigenvalue weighted by atomic mass is 16.6. The lowest BCUT2D eigenvalue weighted by Crippen LogP contribution is -2.17. The van der Waals surface area contributed by atoms with E-state index in [0.717, 1.165) is 5.69 Å². The van der Waals surface area contributed by atoms with Gasteiger partial charge in [-0.3, -0.25) is 4.68 Å². The summed E-state index contributed by atoms with van der Waals surface area (Å²) >= 11 is 0. The molecule has 0 spiro atoms. The smallest absolute Gasteiger partial charge is 0.341 e. The van der Waals surface area contributed by atoms with Crippen LogP contribution in [0.3, 0.4) is 0 Å². The van der Waals surface area contributed by atoms with Gasteiger partial charge >= 0.3 is 5.97 Å². The van der Waals surface area contributed by atoms with Crippen LogP contribution in [0.15, 0.2) is 6.20 Å². The number of hydrogen-bond donors (Lipinski definition) is 1. The number of hydrogen-bond acceptors (Lipinski definition) is 5. The average Bonchev–Trinajstić information content (AvgIpc) is 2.57. The van der Waals surface area contributed by atoms with Gasteiger partial charge in [-0.15, -0.1) is 0 Å². The van der Waals surface area contributed by atoms with Crippen molar-refractivity contribution in [2.24, 2.45) is 7.05 Å². The van der Waals surface area contributed by atoms with Crippen molar-refractivity contribution in [1.29, 1.82) is 0 Å². The zero-order valence-corrected chi connectivity index (χ0v) is 9.11. The van der Waals surface area contributed by atoms with Crippen molar-refractivity contribution in [3.63, 3.8) is 0 Å². The molecule has 0 atom stereocenters. The summed E-state index contributed by atoms with van der Waals surface area (Å²) in [6.07, 6.45) is 1.49. The molecule has 0 saturated carbocycles. The summed E-state index contributed by atoms with van der Waals surface area (Å²) in [7, 11) is 3.27. The first-order valence-electron chi connectivity index (χ1n) is 4.64. The molecule has 0 aliphatic carbocycles. The maximum Gasteiger partial charge on any atom is 0.341 e. The average molecular weight is 213 g/mol. The van der Waals surface area contributed by atoms with Crippen molar-refractivity contribution >= 4 is 5.97 Å². The summed E-state index contributed by atoms with van der Waals surface area (Å²) in [5.41, 5.74) is 3.85. The van der Waals surface area contributed by atoms with Gasteiger partial charge < -0.3 is 9.57 Å². The Labute approximate surface area is 88.1 Å². The van der Waals surface area contributed by atoms with Gasteiger partial charge in [-0.05, 0) is 6.92 Å². The van der Waals surface area contributed by atoms with Crippen molar-refractivity contribution in [1.82, 2.24) is 15.3 Å². The van der Waals surface area contributed by atoms with Gasteiger partial charge in [0.25, 0.3) is 0 Å². The van der Waals surface area contributed by atoms with E-state index in [1.807, 2.05) is 0 Å². The normalized spacial score (nSPS) is 10.3. The van der Waals surface area contributed by atoms with Crippen LogP contribution in [0.5, 0.6) is 0 Å². The molecule has 0 unspecified atom stereocenters. The third-order valence-electron chi connectivity index (χ3n) is 1.94. The van der Waals surface area contributed by atoms with E-state index < -0.39 is 0 Å². The highest BCUT2D eigenvalue weighted by Crippen LogP contribution is 2.08. The maximum absolute atomic E-state index is 11.5. The first kappa shape index (κ1) is 11.7. The zero-order chi connectivity index (χ0) is 11.3. The fraction of sp³-hybridized carbons (Fsp3) is 0.556. The van der Waals surface area contributed by atoms with Crippen LogP contribution in [0.4, 0.5) is 0 Å². The van der Waals surface area contributed by atoms with E-state index in [4.69, 9.17) is 9.57 Å². The van der Waals surface area contributed by atoms with Crippen LogP contribution >= 0.6 is 0 Å². The largest absolute Gasteiger partial charge is 0.462 e. The molecule has 0 aliphatic rings. The maximum atomic E-state index is 11.5. The Bertz CT molecular complexity index is 335. The molecule has 0 radical (unpaired) electrons. The number of carbonyl (C=O) groups is 1. The van der Waals surface area contributed by atoms with Gasteiger partial charge in [0.15, 0.2) is 0 Å². The third kappa shape index (κ3) is 2.77. The Morgan fingerprint density at radius 3 is 3.00 bits per heavy atom. The van der Waals surface area contributed by atoms with E-state index in [1.165, 1.54) is 13.3 Å². The monoisotopic (exact) mass is 213 g/mol. The summed E-state index contributed by atoms with van der Waals surface area (Å²) < 4.78 is 6.51. The number of hydroxylamine groups is 1. The number of esters is 1. The molecule has 0 amide bonds. The molecule has 1 N–H and O–H groups in total.